The van der Waals surface area contributed by atoms with Crippen LogP contribution in [0.15, 0.2) is 36.5 Å². The number of H-pyrrole nitrogens is 1. The molecule has 6 nitrogen and oxygen atoms in total. The molecule has 0 radical (unpaired) electrons. The van der Waals surface area contributed by atoms with E-state index >= 15 is 0 Å². The lowest BCUT2D eigenvalue weighted by Crippen LogP contribution is -2.55. The molecule has 7 heteroatoms. The van der Waals surface area contributed by atoms with Gasteiger partial charge in [0.15, 0.2) is 0 Å². The highest BCUT2D eigenvalue weighted by Crippen LogP contribution is 2.33. The van der Waals surface area contributed by atoms with Crippen molar-refractivity contribution in [1.82, 2.24) is 15.1 Å². The van der Waals surface area contributed by atoms with Crippen LogP contribution in [0, 0.1) is 5.82 Å². The van der Waals surface area contributed by atoms with Crippen molar-refractivity contribution in [2.24, 2.45) is 0 Å². The van der Waals surface area contributed by atoms with Crippen molar-refractivity contribution in [1.29, 1.82) is 0 Å². The van der Waals surface area contributed by atoms with Gasteiger partial charge in [-0.15, -0.1) is 0 Å². The molecule has 2 saturated heterocycles. The van der Waals surface area contributed by atoms with E-state index in [4.69, 9.17) is 4.74 Å². The number of amides is 1. The Morgan fingerprint density at radius 2 is 2.19 bits per heavy atom. The lowest BCUT2D eigenvalue weighted by atomic mass is 9.92. The van der Waals surface area contributed by atoms with E-state index in [-0.39, 0.29) is 23.9 Å². The van der Waals surface area contributed by atoms with Gasteiger partial charge >= 0.3 is 0 Å². The number of carbonyl (C=O) groups excluding carboxylic acids is 1. The number of nitrogens with one attached hydrogen (secondary N) is 1. The number of hydrogen-bond acceptors (Lipinski definition) is 4. The van der Waals surface area contributed by atoms with Crippen LogP contribution in [0.5, 0.6) is 0 Å². The monoisotopic (exact) mass is 358 g/mol. The zero-order valence-electron chi connectivity index (χ0n) is 14.7. The number of aromatic amines is 1. The molecule has 26 heavy (non-hydrogen) atoms. The molecule has 1 atom stereocenters. The Hall–Kier alpha value is -2.25. The number of likely N-dealkylation sites (tertiary alicyclic amines) is 1. The summed E-state index contributed by atoms with van der Waals surface area (Å²) in [5, 5.41) is 7.01. The molecule has 1 aromatic carbocycles. The Morgan fingerprint density at radius 1 is 1.27 bits per heavy atom. The highest BCUT2D eigenvalue weighted by Gasteiger charge is 2.41. The van der Waals surface area contributed by atoms with Gasteiger partial charge in [0.2, 0.25) is 0 Å². The van der Waals surface area contributed by atoms with Gasteiger partial charge in [0, 0.05) is 30.7 Å². The SMILES string of the molecule is O=C1COC2(CCCN(Cc3ccn[nH]3)CC2)CN1c1cccc(F)c1. The molecular formula is C19H23FN4O2. The molecule has 3 heterocycles. The fraction of sp³-hybridized carbons (Fsp3) is 0.474. The smallest absolute Gasteiger partial charge is 0.253 e. The van der Waals surface area contributed by atoms with Gasteiger partial charge < -0.3 is 9.64 Å². The van der Waals surface area contributed by atoms with Gasteiger partial charge in [0.25, 0.3) is 5.91 Å². The van der Waals surface area contributed by atoms with E-state index in [0.29, 0.717) is 12.2 Å². The summed E-state index contributed by atoms with van der Waals surface area (Å²) in [5.41, 5.74) is 1.35. The Balaban J connectivity index is 1.46. The van der Waals surface area contributed by atoms with Crippen LogP contribution >= 0.6 is 0 Å². The normalized spacial score (nSPS) is 24.8. The van der Waals surface area contributed by atoms with Crippen LogP contribution in [0.25, 0.3) is 0 Å². The predicted molar refractivity (Wildman–Crippen MR) is 95.2 cm³/mol. The average Bonchev–Trinajstić information content (AvgIpc) is 3.07. The summed E-state index contributed by atoms with van der Waals surface area (Å²) in [6, 6.07) is 8.21. The fourth-order valence-corrected chi connectivity index (χ4v) is 3.89. The van der Waals surface area contributed by atoms with Crippen molar-refractivity contribution in [3.05, 3.63) is 48.0 Å². The lowest BCUT2D eigenvalue weighted by Gasteiger charge is -2.42. The summed E-state index contributed by atoms with van der Waals surface area (Å²) in [6.07, 6.45) is 4.51. The number of rotatable bonds is 3. The molecule has 0 saturated carbocycles. The Kier molecular flexibility index (Phi) is 4.74. The third-order valence-corrected chi connectivity index (χ3v) is 5.31. The van der Waals surface area contributed by atoms with Gasteiger partial charge in [0.1, 0.15) is 12.4 Å². The molecule has 2 aliphatic heterocycles. The number of morpholine rings is 1. The van der Waals surface area contributed by atoms with Gasteiger partial charge in [-0.1, -0.05) is 6.07 Å². The minimum Gasteiger partial charge on any atom is -0.363 e. The number of ether oxygens (including phenoxy) is 1. The second kappa shape index (κ2) is 7.17. The molecule has 1 aromatic heterocycles. The lowest BCUT2D eigenvalue weighted by molar-refractivity contribution is -0.140. The van der Waals surface area contributed by atoms with E-state index in [9.17, 15) is 9.18 Å². The maximum Gasteiger partial charge on any atom is 0.253 e. The molecule has 1 unspecified atom stereocenters. The minimum atomic E-state index is -0.358. The standard InChI is InChI=1S/C19H23FN4O2/c20-15-3-1-4-17(11-15)24-14-19(26-13-18(24)25)6-2-9-23(10-7-19)12-16-5-8-21-22-16/h1,3-5,8,11H,2,6-7,9-10,12-14H2,(H,21,22). The fourth-order valence-electron chi connectivity index (χ4n) is 3.89. The van der Waals surface area contributed by atoms with Crippen LogP contribution < -0.4 is 4.90 Å². The topological polar surface area (TPSA) is 61.5 Å². The van der Waals surface area contributed by atoms with Crippen molar-refractivity contribution in [3.63, 3.8) is 0 Å². The van der Waals surface area contributed by atoms with E-state index in [1.165, 1.54) is 12.1 Å². The predicted octanol–water partition coefficient (Wildman–Crippen LogP) is 2.34. The van der Waals surface area contributed by atoms with Crippen molar-refractivity contribution in [2.75, 3.05) is 31.1 Å². The quantitative estimate of drug-likeness (QED) is 0.915. The number of nitrogens with zero attached hydrogens (tertiary/aromatic N) is 3. The average molecular weight is 358 g/mol. The van der Waals surface area contributed by atoms with Crippen molar-refractivity contribution in [3.8, 4) is 0 Å². The Morgan fingerprint density at radius 3 is 3.00 bits per heavy atom. The van der Waals surface area contributed by atoms with Gasteiger partial charge in [-0.25, -0.2) is 4.39 Å². The number of aromatic nitrogens is 2. The minimum absolute atomic E-state index is 0.0526. The van der Waals surface area contributed by atoms with E-state index in [0.717, 1.165) is 44.6 Å². The molecule has 0 aliphatic carbocycles. The number of anilines is 1. The molecule has 2 aliphatic rings. The summed E-state index contributed by atoms with van der Waals surface area (Å²) < 4.78 is 19.6. The summed E-state index contributed by atoms with van der Waals surface area (Å²) in [5.74, 6) is -0.442. The number of hydrogen-bond donors (Lipinski definition) is 1. The van der Waals surface area contributed by atoms with Crippen molar-refractivity contribution in [2.45, 2.75) is 31.4 Å². The summed E-state index contributed by atoms with van der Waals surface area (Å²) >= 11 is 0. The van der Waals surface area contributed by atoms with Gasteiger partial charge in [-0.2, -0.15) is 5.10 Å². The molecule has 1 amide bonds. The van der Waals surface area contributed by atoms with Crippen LogP contribution in [0.3, 0.4) is 0 Å². The summed E-state index contributed by atoms with van der Waals surface area (Å²) in [7, 11) is 0. The van der Waals surface area contributed by atoms with Gasteiger partial charge in [-0.3, -0.25) is 14.8 Å². The maximum atomic E-state index is 13.6. The van der Waals surface area contributed by atoms with E-state index < -0.39 is 0 Å². The van der Waals surface area contributed by atoms with E-state index in [2.05, 4.69) is 15.1 Å². The third-order valence-electron chi connectivity index (χ3n) is 5.31. The molecule has 0 bridgehead atoms. The van der Waals surface area contributed by atoms with Gasteiger partial charge in [-0.05, 0) is 50.1 Å². The maximum absolute atomic E-state index is 13.6. The second-order valence-electron chi connectivity index (χ2n) is 7.14. The van der Waals surface area contributed by atoms with Crippen molar-refractivity contribution >= 4 is 11.6 Å². The summed E-state index contributed by atoms with van der Waals surface area (Å²) in [6.45, 7) is 3.25. The van der Waals surface area contributed by atoms with E-state index in [1.807, 2.05) is 6.07 Å². The first kappa shape index (κ1) is 17.2. The van der Waals surface area contributed by atoms with Crippen LogP contribution in [0.1, 0.15) is 25.0 Å². The summed E-state index contributed by atoms with van der Waals surface area (Å²) in [4.78, 5) is 16.4. The highest BCUT2D eigenvalue weighted by molar-refractivity contribution is 5.95. The number of benzene rings is 1. The first-order valence-electron chi connectivity index (χ1n) is 9.04. The van der Waals surface area contributed by atoms with Gasteiger partial charge in [0.05, 0.1) is 12.1 Å². The Bertz CT molecular complexity index is 767. The van der Waals surface area contributed by atoms with E-state index in [1.54, 1.807) is 23.2 Å². The highest BCUT2D eigenvalue weighted by atomic mass is 19.1. The van der Waals surface area contributed by atoms with Crippen LogP contribution in [0.4, 0.5) is 10.1 Å². The first-order chi connectivity index (χ1) is 12.6. The van der Waals surface area contributed by atoms with Crippen molar-refractivity contribution < 1.29 is 13.9 Å². The molecule has 2 fully saturated rings. The second-order valence-corrected chi connectivity index (χ2v) is 7.14. The number of halogens is 1. The Labute approximate surface area is 151 Å². The molecule has 138 valence electrons. The largest absolute Gasteiger partial charge is 0.363 e. The zero-order valence-corrected chi connectivity index (χ0v) is 14.7. The molecular weight excluding hydrogens is 335 g/mol. The molecule has 1 N–H and O–H groups in total. The van der Waals surface area contributed by atoms with Crippen LogP contribution in [-0.4, -0.2) is 52.8 Å². The molecule has 1 spiro atoms. The molecule has 4 rings (SSSR count). The van der Waals surface area contributed by atoms with Crippen LogP contribution in [0.2, 0.25) is 0 Å². The first-order valence-corrected chi connectivity index (χ1v) is 9.04. The molecule has 2 aromatic rings. The number of carbonyl (C=O) groups is 1. The third kappa shape index (κ3) is 3.64. The van der Waals surface area contributed by atoms with Crippen LogP contribution in [-0.2, 0) is 16.1 Å². The zero-order chi connectivity index (χ0) is 18.0.